The summed E-state index contributed by atoms with van der Waals surface area (Å²) in [6, 6.07) is 1.72. The Balaban J connectivity index is 2.55. The summed E-state index contributed by atoms with van der Waals surface area (Å²) in [6.07, 6.45) is 3.16. The van der Waals surface area contributed by atoms with Crippen LogP contribution in [-0.4, -0.2) is 48.5 Å². The first-order valence-electron chi connectivity index (χ1n) is 6.85. The molecule has 5 heteroatoms. The SMILES string of the molecule is CCN(CC)CCNC(=O)c1cncc(C#CCN)c1. The maximum atomic E-state index is 12.0. The Bertz CT molecular complexity index is 486. The number of likely N-dealkylation sites (N-methyl/N-ethyl adjacent to an activating group) is 1. The van der Waals surface area contributed by atoms with Gasteiger partial charge in [-0.05, 0) is 19.2 Å². The zero-order chi connectivity index (χ0) is 14.8. The Morgan fingerprint density at radius 3 is 2.80 bits per heavy atom. The molecule has 0 saturated carbocycles. The van der Waals surface area contributed by atoms with Crippen LogP contribution in [0.4, 0.5) is 0 Å². The fourth-order valence-corrected chi connectivity index (χ4v) is 1.76. The lowest BCUT2D eigenvalue weighted by molar-refractivity contribution is 0.0948. The predicted octanol–water partition coefficient (Wildman–Crippen LogP) is 0.463. The molecule has 1 rings (SSSR count). The highest BCUT2D eigenvalue weighted by molar-refractivity contribution is 5.94. The van der Waals surface area contributed by atoms with Crippen LogP contribution in [0.3, 0.4) is 0 Å². The van der Waals surface area contributed by atoms with Crippen LogP contribution < -0.4 is 11.1 Å². The van der Waals surface area contributed by atoms with Gasteiger partial charge in [-0.1, -0.05) is 25.7 Å². The molecule has 0 unspecified atom stereocenters. The average Bonchev–Trinajstić information content (AvgIpc) is 2.49. The van der Waals surface area contributed by atoms with Crippen molar-refractivity contribution < 1.29 is 4.79 Å². The topological polar surface area (TPSA) is 71.2 Å². The summed E-state index contributed by atoms with van der Waals surface area (Å²) in [4.78, 5) is 18.3. The number of nitrogens with zero attached hydrogens (tertiary/aromatic N) is 2. The number of nitrogens with one attached hydrogen (secondary N) is 1. The second-order valence-corrected chi connectivity index (χ2v) is 4.25. The molecule has 0 spiro atoms. The van der Waals surface area contributed by atoms with Gasteiger partial charge in [0.2, 0.25) is 0 Å². The van der Waals surface area contributed by atoms with Gasteiger partial charge >= 0.3 is 0 Å². The Morgan fingerprint density at radius 1 is 1.40 bits per heavy atom. The van der Waals surface area contributed by atoms with Crippen molar-refractivity contribution in [1.29, 1.82) is 0 Å². The van der Waals surface area contributed by atoms with E-state index in [2.05, 4.69) is 40.9 Å². The Hall–Kier alpha value is -1.90. The second-order valence-electron chi connectivity index (χ2n) is 4.25. The van der Waals surface area contributed by atoms with Crippen molar-refractivity contribution in [3.8, 4) is 11.8 Å². The fourth-order valence-electron chi connectivity index (χ4n) is 1.76. The molecular formula is C15H22N4O. The quantitative estimate of drug-likeness (QED) is 0.740. The van der Waals surface area contributed by atoms with Gasteiger partial charge in [-0.25, -0.2) is 0 Å². The van der Waals surface area contributed by atoms with Crippen molar-refractivity contribution in [3.63, 3.8) is 0 Å². The van der Waals surface area contributed by atoms with Gasteiger partial charge in [0.05, 0.1) is 12.1 Å². The minimum atomic E-state index is -0.124. The van der Waals surface area contributed by atoms with Crippen molar-refractivity contribution in [2.24, 2.45) is 5.73 Å². The van der Waals surface area contributed by atoms with Gasteiger partial charge in [0, 0.05) is 31.0 Å². The standard InChI is InChI=1S/C15H22N4O/c1-3-19(4-2)9-8-18-15(20)14-10-13(6-5-7-16)11-17-12-14/h10-12H,3-4,7-9,16H2,1-2H3,(H,18,20). The predicted molar refractivity (Wildman–Crippen MR) is 80.3 cm³/mol. The number of rotatable bonds is 6. The van der Waals surface area contributed by atoms with Crippen LogP contribution in [0, 0.1) is 11.8 Å². The van der Waals surface area contributed by atoms with Gasteiger partial charge in [0.1, 0.15) is 0 Å². The lowest BCUT2D eigenvalue weighted by atomic mass is 10.2. The number of pyridine rings is 1. The van der Waals surface area contributed by atoms with E-state index in [-0.39, 0.29) is 5.91 Å². The first-order valence-corrected chi connectivity index (χ1v) is 6.85. The molecule has 0 aliphatic heterocycles. The van der Waals surface area contributed by atoms with E-state index in [4.69, 9.17) is 5.73 Å². The number of carbonyl (C=O) groups excluding carboxylic acids is 1. The van der Waals surface area contributed by atoms with Gasteiger partial charge in [0.15, 0.2) is 0 Å². The summed E-state index contributed by atoms with van der Waals surface area (Å²) in [6.45, 7) is 7.94. The van der Waals surface area contributed by atoms with Crippen LogP contribution >= 0.6 is 0 Å². The monoisotopic (exact) mass is 274 g/mol. The van der Waals surface area contributed by atoms with Crippen molar-refractivity contribution in [3.05, 3.63) is 29.6 Å². The number of amides is 1. The van der Waals surface area contributed by atoms with E-state index in [1.54, 1.807) is 18.5 Å². The molecule has 1 heterocycles. The Kier molecular flexibility index (Phi) is 7.33. The average molecular weight is 274 g/mol. The summed E-state index contributed by atoms with van der Waals surface area (Å²) in [5, 5.41) is 2.89. The molecule has 20 heavy (non-hydrogen) atoms. The Morgan fingerprint density at radius 2 is 2.15 bits per heavy atom. The molecule has 0 radical (unpaired) electrons. The lowest BCUT2D eigenvalue weighted by Gasteiger charge is -2.17. The molecule has 1 aromatic rings. The molecule has 0 aliphatic carbocycles. The summed E-state index contributed by atoms with van der Waals surface area (Å²) in [5.41, 5.74) is 6.54. The van der Waals surface area contributed by atoms with E-state index >= 15 is 0 Å². The number of carbonyl (C=O) groups is 1. The molecular weight excluding hydrogens is 252 g/mol. The summed E-state index contributed by atoms with van der Waals surface area (Å²) in [5.74, 6) is 5.49. The number of nitrogens with two attached hydrogens (primary N) is 1. The van der Waals surface area contributed by atoms with Crippen LogP contribution in [0.15, 0.2) is 18.5 Å². The molecule has 0 atom stereocenters. The Labute approximate surface area is 120 Å². The number of aromatic nitrogens is 1. The van der Waals surface area contributed by atoms with Gasteiger partial charge < -0.3 is 16.0 Å². The van der Waals surface area contributed by atoms with E-state index in [1.807, 2.05) is 0 Å². The third-order valence-corrected chi connectivity index (χ3v) is 2.94. The molecule has 0 bridgehead atoms. The third kappa shape index (κ3) is 5.39. The summed E-state index contributed by atoms with van der Waals surface area (Å²) in [7, 11) is 0. The second kappa shape index (κ2) is 9.08. The smallest absolute Gasteiger partial charge is 0.252 e. The number of hydrogen-bond acceptors (Lipinski definition) is 4. The van der Waals surface area contributed by atoms with Crippen LogP contribution in [-0.2, 0) is 0 Å². The van der Waals surface area contributed by atoms with Crippen LogP contribution in [0.1, 0.15) is 29.8 Å². The van der Waals surface area contributed by atoms with Gasteiger partial charge in [-0.2, -0.15) is 0 Å². The van der Waals surface area contributed by atoms with E-state index in [9.17, 15) is 4.79 Å². The molecule has 1 aromatic heterocycles. The first-order chi connectivity index (χ1) is 9.71. The van der Waals surface area contributed by atoms with Crippen molar-refractivity contribution >= 4 is 5.91 Å². The minimum absolute atomic E-state index is 0.124. The molecule has 0 saturated heterocycles. The summed E-state index contributed by atoms with van der Waals surface area (Å²) < 4.78 is 0. The summed E-state index contributed by atoms with van der Waals surface area (Å²) >= 11 is 0. The first kappa shape index (κ1) is 16.2. The highest BCUT2D eigenvalue weighted by Gasteiger charge is 2.06. The van der Waals surface area contributed by atoms with Crippen molar-refractivity contribution in [2.75, 3.05) is 32.7 Å². The van der Waals surface area contributed by atoms with E-state index in [1.165, 1.54) is 0 Å². The van der Waals surface area contributed by atoms with Gasteiger partial charge in [-0.15, -0.1) is 0 Å². The highest BCUT2D eigenvalue weighted by Crippen LogP contribution is 2.01. The van der Waals surface area contributed by atoms with Crippen molar-refractivity contribution in [2.45, 2.75) is 13.8 Å². The molecule has 1 amide bonds. The minimum Gasteiger partial charge on any atom is -0.351 e. The largest absolute Gasteiger partial charge is 0.351 e. The number of hydrogen-bond donors (Lipinski definition) is 2. The van der Waals surface area contributed by atoms with E-state index in [0.717, 1.165) is 19.6 Å². The molecule has 5 nitrogen and oxygen atoms in total. The normalized spacial score (nSPS) is 10.0. The molecule has 0 aliphatic rings. The van der Waals surface area contributed by atoms with Crippen LogP contribution in [0.25, 0.3) is 0 Å². The maximum absolute atomic E-state index is 12.0. The highest BCUT2D eigenvalue weighted by atomic mass is 16.1. The zero-order valence-electron chi connectivity index (χ0n) is 12.1. The van der Waals surface area contributed by atoms with Gasteiger partial charge in [-0.3, -0.25) is 9.78 Å². The zero-order valence-corrected chi connectivity index (χ0v) is 12.1. The van der Waals surface area contributed by atoms with E-state index in [0.29, 0.717) is 24.2 Å². The fraction of sp³-hybridized carbons (Fsp3) is 0.467. The molecule has 3 N–H and O–H groups in total. The van der Waals surface area contributed by atoms with Crippen LogP contribution in [0.2, 0.25) is 0 Å². The molecule has 0 fully saturated rings. The third-order valence-electron chi connectivity index (χ3n) is 2.94. The van der Waals surface area contributed by atoms with Crippen molar-refractivity contribution in [1.82, 2.24) is 15.2 Å². The van der Waals surface area contributed by atoms with E-state index < -0.39 is 0 Å². The van der Waals surface area contributed by atoms with Crippen LogP contribution in [0.5, 0.6) is 0 Å². The molecule has 0 aromatic carbocycles. The van der Waals surface area contributed by atoms with Gasteiger partial charge in [0.25, 0.3) is 5.91 Å². The molecule has 108 valence electrons. The maximum Gasteiger partial charge on any atom is 0.252 e. The lowest BCUT2D eigenvalue weighted by Crippen LogP contribution is -2.34.